The first-order valence-corrected chi connectivity index (χ1v) is 7.25. The Kier molecular flexibility index (Phi) is 6.03. The summed E-state index contributed by atoms with van der Waals surface area (Å²) in [6, 6.07) is 13.6. The molecule has 0 saturated heterocycles. The van der Waals surface area contributed by atoms with E-state index in [9.17, 15) is 0 Å². The van der Waals surface area contributed by atoms with Crippen LogP contribution in [0.3, 0.4) is 0 Å². The summed E-state index contributed by atoms with van der Waals surface area (Å²) in [4.78, 5) is 4.59. The molecule has 0 fully saturated rings. The standard InChI is InChI=1S/C17H22N2O2/c1-3-11-18-12-14-7-6-8-15(19-14)13-21-17-10-5-4-9-16(17)20-2/h4-10,18H,3,11-13H2,1-2H3. The Bertz CT molecular complexity index is 558. The first kappa shape index (κ1) is 15.3. The molecule has 4 nitrogen and oxygen atoms in total. The lowest BCUT2D eigenvalue weighted by Gasteiger charge is -2.10. The van der Waals surface area contributed by atoms with Crippen LogP contribution in [-0.4, -0.2) is 18.6 Å². The number of ether oxygens (including phenoxy) is 2. The van der Waals surface area contributed by atoms with Crippen molar-refractivity contribution in [3.05, 3.63) is 53.9 Å². The molecule has 112 valence electrons. The smallest absolute Gasteiger partial charge is 0.161 e. The maximum atomic E-state index is 5.79. The van der Waals surface area contributed by atoms with Gasteiger partial charge in [-0.1, -0.05) is 25.1 Å². The molecule has 1 N–H and O–H groups in total. The molecule has 0 saturated carbocycles. The first-order chi connectivity index (χ1) is 10.3. The highest BCUT2D eigenvalue weighted by Gasteiger charge is 2.04. The first-order valence-electron chi connectivity index (χ1n) is 7.25. The van der Waals surface area contributed by atoms with E-state index in [4.69, 9.17) is 9.47 Å². The summed E-state index contributed by atoms with van der Waals surface area (Å²) in [6.07, 6.45) is 1.12. The maximum Gasteiger partial charge on any atom is 0.161 e. The largest absolute Gasteiger partial charge is 0.493 e. The molecule has 0 aliphatic rings. The van der Waals surface area contributed by atoms with Crippen molar-refractivity contribution in [3.8, 4) is 11.5 Å². The Morgan fingerprint density at radius 2 is 1.76 bits per heavy atom. The molecule has 0 amide bonds. The van der Waals surface area contributed by atoms with Gasteiger partial charge in [-0.2, -0.15) is 0 Å². The van der Waals surface area contributed by atoms with E-state index in [-0.39, 0.29) is 0 Å². The summed E-state index contributed by atoms with van der Waals surface area (Å²) in [7, 11) is 1.64. The molecule has 21 heavy (non-hydrogen) atoms. The third-order valence-corrected chi connectivity index (χ3v) is 3.04. The van der Waals surface area contributed by atoms with Crippen LogP contribution in [0, 0.1) is 0 Å². The van der Waals surface area contributed by atoms with Crippen molar-refractivity contribution >= 4 is 0 Å². The molecule has 0 spiro atoms. The Morgan fingerprint density at radius 3 is 2.52 bits per heavy atom. The number of nitrogens with one attached hydrogen (secondary N) is 1. The van der Waals surface area contributed by atoms with Gasteiger partial charge in [-0.05, 0) is 37.2 Å². The van der Waals surface area contributed by atoms with E-state index in [1.54, 1.807) is 7.11 Å². The highest BCUT2D eigenvalue weighted by Crippen LogP contribution is 2.26. The van der Waals surface area contributed by atoms with E-state index in [2.05, 4.69) is 17.2 Å². The van der Waals surface area contributed by atoms with Gasteiger partial charge in [0.25, 0.3) is 0 Å². The van der Waals surface area contributed by atoms with Crippen LogP contribution in [0.4, 0.5) is 0 Å². The second-order valence-corrected chi connectivity index (χ2v) is 4.74. The molecule has 0 aliphatic carbocycles. The Labute approximate surface area is 126 Å². The van der Waals surface area contributed by atoms with Crippen LogP contribution >= 0.6 is 0 Å². The predicted octanol–water partition coefficient (Wildman–Crippen LogP) is 3.17. The summed E-state index contributed by atoms with van der Waals surface area (Å²) in [5, 5.41) is 3.35. The molecule has 0 radical (unpaired) electrons. The van der Waals surface area contributed by atoms with Crippen LogP contribution in [0.15, 0.2) is 42.5 Å². The Morgan fingerprint density at radius 1 is 1.00 bits per heavy atom. The average molecular weight is 286 g/mol. The number of aromatic nitrogens is 1. The van der Waals surface area contributed by atoms with E-state index >= 15 is 0 Å². The number of para-hydroxylation sites is 2. The van der Waals surface area contributed by atoms with Crippen molar-refractivity contribution in [1.29, 1.82) is 0 Å². The number of hydrogen-bond donors (Lipinski definition) is 1. The highest BCUT2D eigenvalue weighted by molar-refractivity contribution is 5.39. The normalized spacial score (nSPS) is 10.4. The number of benzene rings is 1. The molecule has 2 aromatic rings. The van der Waals surface area contributed by atoms with Gasteiger partial charge in [-0.25, -0.2) is 0 Å². The molecular formula is C17H22N2O2. The molecule has 0 aliphatic heterocycles. The third-order valence-electron chi connectivity index (χ3n) is 3.04. The zero-order valence-electron chi connectivity index (χ0n) is 12.6. The van der Waals surface area contributed by atoms with E-state index in [1.165, 1.54) is 0 Å². The van der Waals surface area contributed by atoms with E-state index in [1.807, 2.05) is 42.5 Å². The van der Waals surface area contributed by atoms with Crippen LogP contribution in [-0.2, 0) is 13.2 Å². The van der Waals surface area contributed by atoms with E-state index in [0.717, 1.165) is 42.4 Å². The van der Waals surface area contributed by atoms with Crippen molar-refractivity contribution < 1.29 is 9.47 Å². The fraction of sp³-hybridized carbons (Fsp3) is 0.353. The summed E-state index contributed by atoms with van der Waals surface area (Å²) >= 11 is 0. The minimum Gasteiger partial charge on any atom is -0.493 e. The Balaban J connectivity index is 1.95. The molecule has 0 atom stereocenters. The third kappa shape index (κ3) is 4.76. The SMILES string of the molecule is CCCNCc1cccc(COc2ccccc2OC)n1. The van der Waals surface area contributed by atoms with Gasteiger partial charge >= 0.3 is 0 Å². The Hall–Kier alpha value is -2.07. The molecular weight excluding hydrogens is 264 g/mol. The van der Waals surface area contributed by atoms with Crippen molar-refractivity contribution in [2.45, 2.75) is 26.5 Å². The molecule has 1 aromatic heterocycles. The van der Waals surface area contributed by atoms with E-state index < -0.39 is 0 Å². The van der Waals surface area contributed by atoms with Gasteiger partial charge in [-0.3, -0.25) is 4.98 Å². The summed E-state index contributed by atoms with van der Waals surface area (Å²) in [6.45, 7) is 4.37. The van der Waals surface area contributed by atoms with Crippen LogP contribution < -0.4 is 14.8 Å². The summed E-state index contributed by atoms with van der Waals surface area (Å²) < 4.78 is 11.1. The van der Waals surface area contributed by atoms with Crippen LogP contribution in [0.2, 0.25) is 0 Å². The van der Waals surface area contributed by atoms with Gasteiger partial charge in [-0.15, -0.1) is 0 Å². The minimum atomic E-state index is 0.433. The molecule has 0 unspecified atom stereocenters. The zero-order valence-corrected chi connectivity index (χ0v) is 12.6. The van der Waals surface area contributed by atoms with Crippen LogP contribution in [0.25, 0.3) is 0 Å². The lowest BCUT2D eigenvalue weighted by Crippen LogP contribution is -2.15. The fourth-order valence-electron chi connectivity index (χ4n) is 1.99. The minimum absolute atomic E-state index is 0.433. The summed E-state index contributed by atoms with van der Waals surface area (Å²) in [5.41, 5.74) is 1.95. The van der Waals surface area contributed by atoms with Gasteiger partial charge in [0.05, 0.1) is 18.5 Å². The second kappa shape index (κ2) is 8.27. The second-order valence-electron chi connectivity index (χ2n) is 4.74. The monoisotopic (exact) mass is 286 g/mol. The number of rotatable bonds is 8. The van der Waals surface area contributed by atoms with Crippen LogP contribution in [0.1, 0.15) is 24.7 Å². The predicted molar refractivity (Wildman–Crippen MR) is 83.6 cm³/mol. The molecule has 2 rings (SSSR count). The lowest BCUT2D eigenvalue weighted by molar-refractivity contribution is 0.280. The van der Waals surface area contributed by atoms with E-state index in [0.29, 0.717) is 6.61 Å². The highest BCUT2D eigenvalue weighted by atomic mass is 16.5. The zero-order chi connectivity index (χ0) is 14.9. The van der Waals surface area contributed by atoms with Crippen molar-refractivity contribution in [2.24, 2.45) is 0 Å². The average Bonchev–Trinajstić information content (AvgIpc) is 2.54. The number of nitrogens with zero attached hydrogens (tertiary/aromatic N) is 1. The van der Waals surface area contributed by atoms with Gasteiger partial charge in [0, 0.05) is 6.54 Å². The topological polar surface area (TPSA) is 43.4 Å². The number of hydrogen-bond acceptors (Lipinski definition) is 4. The van der Waals surface area contributed by atoms with Crippen LogP contribution in [0.5, 0.6) is 11.5 Å². The van der Waals surface area contributed by atoms with Crippen molar-refractivity contribution in [3.63, 3.8) is 0 Å². The summed E-state index contributed by atoms with van der Waals surface area (Å²) in [5.74, 6) is 1.47. The van der Waals surface area contributed by atoms with Crippen molar-refractivity contribution in [2.75, 3.05) is 13.7 Å². The molecule has 1 aromatic carbocycles. The van der Waals surface area contributed by atoms with Gasteiger partial charge in [0.15, 0.2) is 11.5 Å². The number of pyridine rings is 1. The molecule has 0 bridgehead atoms. The quantitative estimate of drug-likeness (QED) is 0.757. The van der Waals surface area contributed by atoms with Gasteiger partial charge in [0.2, 0.25) is 0 Å². The fourth-order valence-corrected chi connectivity index (χ4v) is 1.99. The van der Waals surface area contributed by atoms with Gasteiger partial charge in [0.1, 0.15) is 6.61 Å². The number of methoxy groups -OCH3 is 1. The molecule has 4 heteroatoms. The molecule has 1 heterocycles. The van der Waals surface area contributed by atoms with Crippen molar-refractivity contribution in [1.82, 2.24) is 10.3 Å². The van der Waals surface area contributed by atoms with Gasteiger partial charge < -0.3 is 14.8 Å². The maximum absolute atomic E-state index is 5.79. The lowest BCUT2D eigenvalue weighted by atomic mass is 10.3.